The summed E-state index contributed by atoms with van der Waals surface area (Å²) in [6, 6.07) is 6.08. The summed E-state index contributed by atoms with van der Waals surface area (Å²) in [4.78, 5) is 40.0. The maximum atomic E-state index is 10.2. The van der Waals surface area contributed by atoms with Gasteiger partial charge in [0.1, 0.15) is 0 Å². The maximum absolute atomic E-state index is 10.2. The molecule has 0 saturated carbocycles. The molecule has 0 aromatic heterocycles. The molecule has 0 spiro atoms. The number of aliphatic carboxylic acids is 2. The first-order chi connectivity index (χ1) is 9.25. The van der Waals surface area contributed by atoms with E-state index in [4.69, 9.17) is 10.2 Å². The smallest absolute Gasteiger partial charge is 0.338 e. The molecule has 0 atom stereocenters. The van der Waals surface area contributed by atoms with E-state index in [9.17, 15) is 24.5 Å². The Labute approximate surface area is 113 Å². The van der Waals surface area contributed by atoms with Crippen molar-refractivity contribution in [3.8, 4) is 0 Å². The molecule has 0 aliphatic carbocycles. The molecule has 0 saturated heterocycles. The summed E-state index contributed by atoms with van der Waals surface area (Å²) in [6.45, 7) is 1.04. The van der Waals surface area contributed by atoms with Gasteiger partial charge in [-0.1, -0.05) is 18.2 Å². The van der Waals surface area contributed by atoms with Crippen LogP contribution in [0.2, 0.25) is 0 Å². The highest BCUT2D eigenvalue weighted by Gasteiger charge is 2.25. The lowest BCUT2D eigenvalue weighted by Gasteiger charge is -2.06. The van der Waals surface area contributed by atoms with Crippen LogP contribution in [0.1, 0.15) is 6.92 Å². The number of benzene rings is 1. The Balaban J connectivity index is 0.000000367. The van der Waals surface area contributed by atoms with E-state index in [0.717, 1.165) is 6.92 Å². The van der Waals surface area contributed by atoms with Gasteiger partial charge in [0.05, 0.1) is 4.92 Å². The molecule has 1 rings (SSSR count). The fourth-order valence-corrected chi connectivity index (χ4v) is 0.982. The molecule has 0 bridgehead atoms. The van der Waals surface area contributed by atoms with Crippen molar-refractivity contribution in [2.45, 2.75) is 13.0 Å². The summed E-state index contributed by atoms with van der Waals surface area (Å²) in [5.41, 5.74) is 0.137. The van der Waals surface area contributed by atoms with Crippen molar-refractivity contribution in [1.29, 1.82) is 0 Å². The number of carbonyl (C=O) groups is 3. The van der Waals surface area contributed by atoms with Crippen molar-refractivity contribution in [2.24, 2.45) is 0 Å². The lowest BCUT2D eigenvalue weighted by molar-refractivity contribution is -0.384. The summed E-state index contributed by atoms with van der Waals surface area (Å²) in [7, 11) is 0. The second-order valence-electron chi connectivity index (χ2n) is 3.40. The number of amides is 1. The second kappa shape index (κ2) is 8.19. The molecule has 0 heterocycles. The molecule has 0 fully saturated rings. The van der Waals surface area contributed by atoms with E-state index in [2.05, 4.69) is 0 Å². The molecule has 20 heavy (non-hydrogen) atoms. The van der Waals surface area contributed by atoms with Crippen molar-refractivity contribution in [1.82, 2.24) is 5.32 Å². The number of para-hydroxylation sites is 1. The zero-order valence-electron chi connectivity index (χ0n) is 10.3. The lowest BCUT2D eigenvalue weighted by Crippen LogP contribution is -2.45. The number of nitro benzene ring substituents is 1. The summed E-state index contributed by atoms with van der Waals surface area (Å²) >= 11 is 0. The number of non-ortho nitro benzene ring substituents is 1. The van der Waals surface area contributed by atoms with E-state index in [1.165, 1.54) is 12.1 Å². The number of rotatable bonds is 4. The quantitative estimate of drug-likeness (QED) is 0.408. The molecule has 9 heteroatoms. The van der Waals surface area contributed by atoms with E-state index < -0.39 is 28.8 Å². The monoisotopic (exact) mass is 284 g/mol. The maximum Gasteiger partial charge on any atom is 0.338 e. The van der Waals surface area contributed by atoms with Gasteiger partial charge in [0.15, 0.2) is 0 Å². The number of nitrogens with one attached hydrogen (secondary N) is 1. The first-order valence-electron chi connectivity index (χ1n) is 5.18. The fraction of sp³-hybridized carbons (Fsp3) is 0.182. The van der Waals surface area contributed by atoms with Gasteiger partial charge >= 0.3 is 11.9 Å². The van der Waals surface area contributed by atoms with Crippen molar-refractivity contribution >= 4 is 23.5 Å². The number of carbonyl (C=O) groups excluding carboxylic acids is 1. The fourth-order valence-electron chi connectivity index (χ4n) is 0.982. The first-order valence-corrected chi connectivity index (χ1v) is 5.18. The number of hydrogen-bond donors (Lipinski definition) is 3. The number of nitro groups is 1. The minimum atomic E-state index is -1.85. The summed E-state index contributed by atoms with van der Waals surface area (Å²) in [6.07, 6.45) is 0. The Morgan fingerprint density at radius 1 is 1.15 bits per heavy atom. The topological polar surface area (TPSA) is 147 Å². The Bertz CT molecular complexity index is 487. The van der Waals surface area contributed by atoms with Gasteiger partial charge < -0.3 is 15.5 Å². The molecule has 108 valence electrons. The number of carboxylic acids is 2. The third-order valence-electron chi connectivity index (χ3n) is 1.81. The van der Waals surface area contributed by atoms with E-state index in [0.29, 0.717) is 0 Å². The SMILES string of the molecule is CC(=O)NC(C(=O)O)C(=O)O.O=[N+]([O-])c1ccccc1. The van der Waals surface area contributed by atoms with E-state index >= 15 is 0 Å². The minimum Gasteiger partial charge on any atom is -0.479 e. The molecular formula is C11H12N2O7. The molecular weight excluding hydrogens is 272 g/mol. The summed E-state index contributed by atoms with van der Waals surface area (Å²) in [5.74, 6) is -3.87. The van der Waals surface area contributed by atoms with Crippen molar-refractivity contribution < 1.29 is 29.5 Å². The van der Waals surface area contributed by atoms with Gasteiger partial charge in [-0.25, -0.2) is 9.59 Å². The highest BCUT2D eigenvalue weighted by Crippen LogP contribution is 2.06. The average Bonchev–Trinajstić information content (AvgIpc) is 2.37. The second-order valence-corrected chi connectivity index (χ2v) is 3.40. The Kier molecular flexibility index (Phi) is 6.97. The van der Waals surface area contributed by atoms with Crippen LogP contribution in [-0.2, 0) is 14.4 Å². The molecule has 0 radical (unpaired) electrons. The van der Waals surface area contributed by atoms with Gasteiger partial charge in [-0.2, -0.15) is 0 Å². The van der Waals surface area contributed by atoms with Crippen LogP contribution in [0.15, 0.2) is 30.3 Å². The lowest BCUT2D eigenvalue weighted by atomic mass is 10.3. The molecule has 0 unspecified atom stereocenters. The Hall–Kier alpha value is -2.97. The van der Waals surface area contributed by atoms with E-state index in [1.54, 1.807) is 23.5 Å². The van der Waals surface area contributed by atoms with Gasteiger partial charge in [0.25, 0.3) is 5.69 Å². The van der Waals surface area contributed by atoms with Crippen LogP contribution in [0.5, 0.6) is 0 Å². The van der Waals surface area contributed by atoms with Crippen LogP contribution in [0.4, 0.5) is 5.69 Å². The normalized spacial score (nSPS) is 9.10. The number of hydrogen-bond acceptors (Lipinski definition) is 5. The zero-order valence-corrected chi connectivity index (χ0v) is 10.3. The van der Waals surface area contributed by atoms with Crippen LogP contribution >= 0.6 is 0 Å². The zero-order chi connectivity index (χ0) is 15.7. The Morgan fingerprint density at radius 2 is 1.60 bits per heavy atom. The molecule has 3 N–H and O–H groups in total. The summed E-state index contributed by atoms with van der Waals surface area (Å²) in [5, 5.41) is 28.1. The van der Waals surface area contributed by atoms with E-state index in [-0.39, 0.29) is 5.69 Å². The third kappa shape index (κ3) is 6.69. The predicted molar refractivity (Wildman–Crippen MR) is 66.0 cm³/mol. The summed E-state index contributed by atoms with van der Waals surface area (Å²) < 4.78 is 0. The van der Waals surface area contributed by atoms with Gasteiger partial charge in [-0.15, -0.1) is 0 Å². The molecule has 1 amide bonds. The van der Waals surface area contributed by atoms with Crippen LogP contribution in [0, 0.1) is 10.1 Å². The first kappa shape index (κ1) is 17.0. The molecule has 1 aromatic carbocycles. The largest absolute Gasteiger partial charge is 0.479 e. The molecule has 9 nitrogen and oxygen atoms in total. The predicted octanol–water partition coefficient (Wildman–Crippen LogP) is 0.255. The number of carboxylic acid groups (broad SMARTS) is 2. The standard InChI is InChI=1S/C6H5NO2.C5H7NO5/c8-7(9)6-4-2-1-3-5-6;1-2(7)6-3(4(8)9)5(10)11/h1-5H;3H,1H3,(H,6,7)(H,8,9)(H,10,11). The number of nitrogens with zero attached hydrogens (tertiary/aromatic N) is 1. The minimum absolute atomic E-state index is 0.137. The molecule has 0 aliphatic rings. The van der Waals surface area contributed by atoms with Crippen LogP contribution in [-0.4, -0.2) is 39.0 Å². The van der Waals surface area contributed by atoms with E-state index in [1.807, 2.05) is 0 Å². The third-order valence-corrected chi connectivity index (χ3v) is 1.81. The van der Waals surface area contributed by atoms with Gasteiger partial charge in [0.2, 0.25) is 11.9 Å². The van der Waals surface area contributed by atoms with Gasteiger partial charge in [-0.3, -0.25) is 14.9 Å². The highest BCUT2D eigenvalue weighted by molar-refractivity contribution is 6.00. The van der Waals surface area contributed by atoms with Gasteiger partial charge in [-0.05, 0) is 0 Å². The van der Waals surface area contributed by atoms with Crippen LogP contribution in [0.3, 0.4) is 0 Å². The van der Waals surface area contributed by atoms with Crippen LogP contribution < -0.4 is 5.32 Å². The highest BCUT2D eigenvalue weighted by atomic mass is 16.6. The van der Waals surface area contributed by atoms with Crippen molar-refractivity contribution in [3.63, 3.8) is 0 Å². The van der Waals surface area contributed by atoms with Crippen molar-refractivity contribution in [3.05, 3.63) is 40.4 Å². The van der Waals surface area contributed by atoms with Crippen LogP contribution in [0.25, 0.3) is 0 Å². The molecule has 0 aliphatic heterocycles. The van der Waals surface area contributed by atoms with Crippen molar-refractivity contribution in [2.75, 3.05) is 0 Å². The van der Waals surface area contributed by atoms with Gasteiger partial charge in [0, 0.05) is 19.1 Å². The molecule has 1 aromatic rings. The average molecular weight is 284 g/mol. The Morgan fingerprint density at radius 3 is 1.80 bits per heavy atom.